The zero-order valence-electron chi connectivity index (χ0n) is 16.1. The lowest BCUT2D eigenvalue weighted by atomic mass is 10.2. The number of alkyl carbamates (subject to hydrolysis) is 1. The third-order valence-electron chi connectivity index (χ3n) is 4.94. The summed E-state index contributed by atoms with van der Waals surface area (Å²) in [6.45, 7) is 0.505. The summed E-state index contributed by atoms with van der Waals surface area (Å²) >= 11 is 0. The van der Waals surface area contributed by atoms with Gasteiger partial charge in [-0.1, -0.05) is 30.3 Å². The van der Waals surface area contributed by atoms with Gasteiger partial charge in [-0.2, -0.15) is 0 Å². The molecular formula is C22H22N2O5. The van der Waals surface area contributed by atoms with Gasteiger partial charge >= 0.3 is 6.09 Å². The highest BCUT2D eigenvalue weighted by Crippen LogP contribution is 2.39. The van der Waals surface area contributed by atoms with Crippen molar-refractivity contribution in [3.05, 3.63) is 60.3 Å². The number of hydrogen-bond acceptors (Lipinski definition) is 6. The molecule has 1 aliphatic carbocycles. The number of hydrogen-bond donors (Lipinski definition) is 2. The standard InChI is InChI=1S/C22H22N2O5/c1-27-19-11-16-17(23-10-7-18(16)25)12-20(19)29-14-22(8-9-22)24-21(26)28-13-15-5-3-2-4-6-15/h2-7,10-12H,8-9,13-14H2,1H3,(H,23,25)(H,24,26). The van der Waals surface area contributed by atoms with E-state index in [2.05, 4.69) is 10.3 Å². The quantitative estimate of drug-likeness (QED) is 0.634. The molecule has 150 valence electrons. The lowest BCUT2D eigenvalue weighted by Gasteiger charge is -2.19. The summed E-state index contributed by atoms with van der Waals surface area (Å²) in [5.74, 6) is 1.12. The predicted molar refractivity (Wildman–Crippen MR) is 107 cm³/mol. The van der Waals surface area contributed by atoms with Crippen molar-refractivity contribution in [2.45, 2.75) is 25.0 Å². The highest BCUT2D eigenvalue weighted by atomic mass is 16.6. The van der Waals surface area contributed by atoms with Gasteiger partial charge < -0.3 is 24.6 Å². The molecule has 7 heteroatoms. The minimum Gasteiger partial charge on any atom is -0.507 e. The number of aromatic hydroxyl groups is 1. The number of benzene rings is 2. The molecule has 0 radical (unpaired) electrons. The number of pyridine rings is 1. The molecule has 0 bridgehead atoms. The molecule has 0 aliphatic heterocycles. The van der Waals surface area contributed by atoms with Gasteiger partial charge in [0.1, 0.15) is 19.0 Å². The van der Waals surface area contributed by atoms with Crippen LogP contribution >= 0.6 is 0 Å². The number of fused-ring (bicyclic) bond motifs is 1. The molecule has 1 fully saturated rings. The Bertz CT molecular complexity index is 1020. The van der Waals surface area contributed by atoms with Gasteiger partial charge in [-0.05, 0) is 30.5 Å². The molecule has 29 heavy (non-hydrogen) atoms. The third-order valence-corrected chi connectivity index (χ3v) is 4.94. The molecule has 2 N–H and O–H groups in total. The summed E-state index contributed by atoms with van der Waals surface area (Å²) in [5, 5.41) is 13.5. The summed E-state index contributed by atoms with van der Waals surface area (Å²) in [4.78, 5) is 16.4. The van der Waals surface area contributed by atoms with Crippen LogP contribution in [0.3, 0.4) is 0 Å². The van der Waals surface area contributed by atoms with E-state index in [0.717, 1.165) is 18.4 Å². The van der Waals surface area contributed by atoms with Gasteiger partial charge in [0.25, 0.3) is 0 Å². The monoisotopic (exact) mass is 394 g/mol. The van der Waals surface area contributed by atoms with Crippen LogP contribution in [-0.2, 0) is 11.3 Å². The maximum absolute atomic E-state index is 12.2. The van der Waals surface area contributed by atoms with E-state index in [1.54, 1.807) is 12.1 Å². The van der Waals surface area contributed by atoms with Crippen LogP contribution in [0.1, 0.15) is 18.4 Å². The fraction of sp³-hybridized carbons (Fsp3) is 0.273. The molecule has 0 spiro atoms. The average molecular weight is 394 g/mol. The molecule has 0 atom stereocenters. The van der Waals surface area contributed by atoms with E-state index in [4.69, 9.17) is 14.2 Å². The van der Waals surface area contributed by atoms with Gasteiger partial charge in [0.15, 0.2) is 11.5 Å². The molecule has 1 aliphatic rings. The van der Waals surface area contributed by atoms with E-state index < -0.39 is 11.6 Å². The molecule has 1 heterocycles. The molecule has 1 aromatic heterocycles. The second-order valence-electron chi connectivity index (χ2n) is 7.11. The molecule has 7 nitrogen and oxygen atoms in total. The van der Waals surface area contributed by atoms with Crippen LogP contribution in [0.2, 0.25) is 0 Å². The van der Waals surface area contributed by atoms with Crippen molar-refractivity contribution >= 4 is 17.0 Å². The first-order valence-electron chi connectivity index (χ1n) is 9.36. The van der Waals surface area contributed by atoms with Gasteiger partial charge in [0, 0.05) is 17.6 Å². The normalized spacial score (nSPS) is 14.2. The fourth-order valence-corrected chi connectivity index (χ4v) is 3.06. The predicted octanol–water partition coefficient (Wildman–Crippen LogP) is 3.79. The first-order valence-corrected chi connectivity index (χ1v) is 9.36. The number of aromatic nitrogens is 1. The first kappa shape index (κ1) is 18.9. The summed E-state index contributed by atoms with van der Waals surface area (Å²) in [7, 11) is 1.54. The zero-order valence-corrected chi connectivity index (χ0v) is 16.1. The number of carbonyl (C=O) groups is 1. The van der Waals surface area contributed by atoms with Crippen molar-refractivity contribution in [3.8, 4) is 17.2 Å². The van der Waals surface area contributed by atoms with Crippen molar-refractivity contribution in [2.75, 3.05) is 13.7 Å². The smallest absolute Gasteiger partial charge is 0.408 e. The molecule has 3 aromatic rings. The number of ether oxygens (including phenoxy) is 3. The van der Waals surface area contributed by atoms with Crippen molar-refractivity contribution in [1.82, 2.24) is 10.3 Å². The molecule has 1 saturated carbocycles. The Hall–Kier alpha value is -3.48. The number of rotatable bonds is 7. The van der Waals surface area contributed by atoms with Crippen LogP contribution in [0.25, 0.3) is 10.9 Å². The second kappa shape index (κ2) is 7.87. The second-order valence-corrected chi connectivity index (χ2v) is 7.11. The van der Waals surface area contributed by atoms with E-state index in [1.165, 1.54) is 19.4 Å². The number of methoxy groups -OCH3 is 1. The number of nitrogens with zero attached hydrogens (tertiary/aromatic N) is 1. The Kier molecular flexibility index (Phi) is 5.12. The van der Waals surface area contributed by atoms with Crippen molar-refractivity contribution in [3.63, 3.8) is 0 Å². The topological polar surface area (TPSA) is 89.9 Å². The minimum absolute atomic E-state index is 0.126. The number of carbonyl (C=O) groups excluding carboxylic acids is 1. The van der Waals surface area contributed by atoms with Crippen molar-refractivity contribution in [1.29, 1.82) is 0 Å². The van der Waals surface area contributed by atoms with Crippen LogP contribution in [0.5, 0.6) is 17.2 Å². The first-order chi connectivity index (χ1) is 14.1. The van der Waals surface area contributed by atoms with E-state index in [0.29, 0.717) is 22.4 Å². The Balaban J connectivity index is 1.38. The van der Waals surface area contributed by atoms with Gasteiger partial charge in [-0.15, -0.1) is 0 Å². The Morgan fingerprint density at radius 1 is 1.17 bits per heavy atom. The largest absolute Gasteiger partial charge is 0.507 e. The SMILES string of the molecule is COc1cc2c(O)ccnc2cc1OCC1(NC(=O)OCc2ccccc2)CC1. The average Bonchev–Trinajstić information content (AvgIpc) is 3.50. The zero-order chi connectivity index (χ0) is 20.3. The lowest BCUT2D eigenvalue weighted by Crippen LogP contribution is -2.41. The molecule has 1 amide bonds. The molecule has 2 aromatic carbocycles. The van der Waals surface area contributed by atoms with Crippen LogP contribution in [-0.4, -0.2) is 35.4 Å². The highest BCUT2D eigenvalue weighted by molar-refractivity contribution is 5.87. The van der Waals surface area contributed by atoms with Crippen LogP contribution in [0.15, 0.2) is 54.7 Å². The number of nitrogens with one attached hydrogen (secondary N) is 1. The van der Waals surface area contributed by atoms with Crippen LogP contribution < -0.4 is 14.8 Å². The van der Waals surface area contributed by atoms with E-state index in [1.807, 2.05) is 30.3 Å². The number of amides is 1. The van der Waals surface area contributed by atoms with Crippen LogP contribution in [0.4, 0.5) is 4.79 Å². The van der Waals surface area contributed by atoms with Crippen molar-refractivity contribution in [2.24, 2.45) is 0 Å². The van der Waals surface area contributed by atoms with E-state index in [-0.39, 0.29) is 19.0 Å². The maximum atomic E-state index is 12.2. The van der Waals surface area contributed by atoms with Gasteiger partial charge in [-0.25, -0.2) is 4.79 Å². The van der Waals surface area contributed by atoms with Gasteiger partial charge in [0.05, 0.1) is 18.2 Å². The van der Waals surface area contributed by atoms with Gasteiger partial charge in [0.2, 0.25) is 0 Å². The van der Waals surface area contributed by atoms with Gasteiger partial charge in [-0.3, -0.25) is 4.98 Å². The third kappa shape index (κ3) is 4.34. The summed E-state index contributed by atoms with van der Waals surface area (Å²) in [6, 6.07) is 14.5. The maximum Gasteiger partial charge on any atom is 0.408 e. The molecular weight excluding hydrogens is 372 g/mol. The lowest BCUT2D eigenvalue weighted by molar-refractivity contribution is 0.128. The van der Waals surface area contributed by atoms with E-state index >= 15 is 0 Å². The highest BCUT2D eigenvalue weighted by Gasteiger charge is 2.45. The Morgan fingerprint density at radius 2 is 1.97 bits per heavy atom. The van der Waals surface area contributed by atoms with Crippen LogP contribution in [0, 0.1) is 0 Å². The summed E-state index contributed by atoms with van der Waals surface area (Å²) in [5.41, 5.74) is 1.08. The molecule has 0 unspecified atom stereocenters. The minimum atomic E-state index is -0.466. The van der Waals surface area contributed by atoms with Crippen molar-refractivity contribution < 1.29 is 24.1 Å². The Morgan fingerprint density at radius 3 is 2.69 bits per heavy atom. The Labute approximate surface area is 168 Å². The molecule has 4 rings (SSSR count). The van der Waals surface area contributed by atoms with E-state index in [9.17, 15) is 9.90 Å². The fourth-order valence-electron chi connectivity index (χ4n) is 3.06. The summed E-state index contributed by atoms with van der Waals surface area (Å²) in [6.07, 6.45) is 2.68. The summed E-state index contributed by atoms with van der Waals surface area (Å²) < 4.78 is 16.6. The molecule has 0 saturated heterocycles.